The van der Waals surface area contributed by atoms with Gasteiger partial charge in [-0.05, 0) is 84.2 Å². The summed E-state index contributed by atoms with van der Waals surface area (Å²) in [7, 11) is 0. The lowest BCUT2D eigenvalue weighted by atomic mass is 10.0. The Labute approximate surface area is 207 Å². The lowest BCUT2D eigenvalue weighted by molar-refractivity contribution is -0.398. The lowest BCUT2D eigenvalue weighted by Gasteiger charge is -2.13. The predicted octanol–water partition coefficient (Wildman–Crippen LogP) is 6.43. The van der Waals surface area contributed by atoms with Crippen molar-refractivity contribution in [2.75, 3.05) is 0 Å². The zero-order valence-corrected chi connectivity index (χ0v) is 19.8. The number of aromatic nitrogens is 1. The second kappa shape index (κ2) is 9.46. The van der Waals surface area contributed by atoms with Crippen LogP contribution in [-0.2, 0) is 6.42 Å². The van der Waals surface area contributed by atoms with Crippen molar-refractivity contribution >= 4 is 28.7 Å². The fraction of sp³-hybridized carbons (Fsp3) is 0.103. The highest BCUT2D eigenvalue weighted by atomic mass is 16.6. The summed E-state index contributed by atoms with van der Waals surface area (Å²) >= 11 is 0. The smallest absolute Gasteiger partial charge is 0.262 e. The quantitative estimate of drug-likeness (QED) is 0.159. The van der Waals surface area contributed by atoms with Crippen molar-refractivity contribution in [3.8, 4) is 17.2 Å². The molecule has 178 valence electrons. The topological polar surface area (TPSA) is 105 Å². The number of aryl methyl sites for hydroxylation is 2. The van der Waals surface area contributed by atoms with E-state index in [1.807, 2.05) is 80.6 Å². The average Bonchev–Trinajstić information content (AvgIpc) is 3.28. The molecule has 5 aromatic rings. The monoisotopic (exact) mass is 476 g/mol. The van der Waals surface area contributed by atoms with Crippen LogP contribution in [0.3, 0.4) is 0 Å². The standard InChI is InChI=1S/C29H23N3O4/c1-18-8-11-27-25(12-18)31-29(36-27)22-10-9-19(2)24(16-22)30-17-23-14-21(13-20-6-4-3-5-7-20)15-26(28(23)33)32(34)35/h3-12,14-17,33H,13H2,1-2H3/p-1. The molecule has 0 spiro atoms. The summed E-state index contributed by atoms with van der Waals surface area (Å²) in [5.74, 6) is -0.194. The molecule has 0 aliphatic rings. The number of hydrogen-bond donors (Lipinski definition) is 0. The predicted molar refractivity (Wildman–Crippen MR) is 138 cm³/mol. The number of rotatable bonds is 6. The molecule has 36 heavy (non-hydrogen) atoms. The van der Waals surface area contributed by atoms with E-state index < -0.39 is 16.4 Å². The molecule has 0 amide bonds. The second-order valence-electron chi connectivity index (χ2n) is 8.70. The third-order valence-electron chi connectivity index (χ3n) is 5.95. The van der Waals surface area contributed by atoms with Crippen molar-refractivity contribution in [2.45, 2.75) is 20.3 Å². The average molecular weight is 477 g/mol. The van der Waals surface area contributed by atoms with E-state index in [2.05, 4.69) is 9.98 Å². The maximum atomic E-state index is 12.8. The van der Waals surface area contributed by atoms with Crippen molar-refractivity contribution in [2.24, 2.45) is 4.99 Å². The SMILES string of the molecule is Cc1ccc2oc(-c3ccc(C)c(N=Cc4cc(Cc5ccccc5)cc([N+](=O)[O-])c4[O-])c3)nc2c1. The summed E-state index contributed by atoms with van der Waals surface area (Å²) in [6.07, 6.45) is 1.86. The van der Waals surface area contributed by atoms with E-state index in [1.54, 1.807) is 6.07 Å². The van der Waals surface area contributed by atoms with E-state index in [4.69, 9.17) is 4.42 Å². The van der Waals surface area contributed by atoms with Gasteiger partial charge >= 0.3 is 0 Å². The molecule has 0 fully saturated rings. The molecule has 4 aromatic carbocycles. The molecule has 7 heteroatoms. The van der Waals surface area contributed by atoms with Gasteiger partial charge in [-0.15, -0.1) is 0 Å². The molecule has 0 aliphatic heterocycles. The highest BCUT2D eigenvalue weighted by Crippen LogP contribution is 2.32. The maximum Gasteiger partial charge on any atom is 0.262 e. The summed E-state index contributed by atoms with van der Waals surface area (Å²) in [5, 5.41) is 24.3. The van der Waals surface area contributed by atoms with Crippen molar-refractivity contribution in [3.63, 3.8) is 0 Å². The Kier molecular flexibility index (Phi) is 6.04. The van der Waals surface area contributed by atoms with Gasteiger partial charge < -0.3 is 9.52 Å². The van der Waals surface area contributed by atoms with E-state index in [9.17, 15) is 15.2 Å². The van der Waals surface area contributed by atoms with Crippen LogP contribution < -0.4 is 5.11 Å². The van der Waals surface area contributed by atoms with E-state index in [-0.39, 0.29) is 5.56 Å². The van der Waals surface area contributed by atoms with Crippen LogP contribution in [0.2, 0.25) is 0 Å². The number of aliphatic imine (C=N–C) groups is 1. The largest absolute Gasteiger partial charge is 0.867 e. The normalized spacial score (nSPS) is 11.4. The van der Waals surface area contributed by atoms with Crippen LogP contribution in [0.4, 0.5) is 11.4 Å². The van der Waals surface area contributed by atoms with E-state index in [0.29, 0.717) is 29.1 Å². The molecular formula is C29H22N3O4-. The van der Waals surface area contributed by atoms with Crippen LogP contribution in [0.15, 0.2) is 88.3 Å². The molecule has 0 unspecified atom stereocenters. The molecule has 0 atom stereocenters. The molecule has 1 heterocycles. The van der Waals surface area contributed by atoms with Crippen molar-refractivity contribution in [1.29, 1.82) is 0 Å². The Bertz CT molecular complexity index is 1620. The minimum Gasteiger partial charge on any atom is -0.867 e. The van der Waals surface area contributed by atoms with E-state index >= 15 is 0 Å². The minimum absolute atomic E-state index is 0.164. The van der Waals surface area contributed by atoms with Crippen molar-refractivity contribution in [3.05, 3.63) is 117 Å². The Hall–Kier alpha value is -4.78. The molecule has 0 N–H and O–H groups in total. The van der Waals surface area contributed by atoms with Gasteiger partial charge in [0, 0.05) is 17.8 Å². The molecule has 1 aromatic heterocycles. The Balaban J connectivity index is 1.51. The number of nitro groups is 1. The fourth-order valence-electron chi connectivity index (χ4n) is 4.04. The Morgan fingerprint density at radius 3 is 2.56 bits per heavy atom. The first-order chi connectivity index (χ1) is 17.4. The number of oxazole rings is 1. The van der Waals surface area contributed by atoms with Gasteiger partial charge in [-0.3, -0.25) is 15.1 Å². The van der Waals surface area contributed by atoms with Crippen LogP contribution in [0.1, 0.15) is 27.8 Å². The fourth-order valence-corrected chi connectivity index (χ4v) is 4.04. The Morgan fingerprint density at radius 2 is 1.78 bits per heavy atom. The molecule has 0 bridgehead atoms. The number of fused-ring (bicyclic) bond motifs is 1. The third kappa shape index (κ3) is 4.72. The van der Waals surface area contributed by atoms with Gasteiger partial charge in [-0.2, -0.15) is 0 Å². The first kappa shape index (κ1) is 23.0. The van der Waals surface area contributed by atoms with Crippen LogP contribution in [0, 0.1) is 24.0 Å². The number of nitro benzene ring substituents is 1. The second-order valence-corrected chi connectivity index (χ2v) is 8.70. The minimum atomic E-state index is -0.663. The molecule has 5 rings (SSSR count). The highest BCUT2D eigenvalue weighted by Gasteiger charge is 2.14. The molecule has 0 aliphatic carbocycles. The van der Waals surface area contributed by atoms with Gasteiger partial charge in [-0.1, -0.05) is 42.5 Å². The molecular weight excluding hydrogens is 454 g/mol. The summed E-state index contributed by atoms with van der Waals surface area (Å²) in [4.78, 5) is 20.0. The third-order valence-corrected chi connectivity index (χ3v) is 5.95. The van der Waals surface area contributed by atoms with Gasteiger partial charge in [0.25, 0.3) is 5.69 Å². The maximum absolute atomic E-state index is 12.8. The zero-order chi connectivity index (χ0) is 25.2. The van der Waals surface area contributed by atoms with E-state index in [1.165, 1.54) is 12.3 Å². The lowest BCUT2D eigenvalue weighted by Crippen LogP contribution is -2.04. The number of benzene rings is 4. The van der Waals surface area contributed by atoms with Gasteiger partial charge in [-0.25, -0.2) is 4.98 Å². The van der Waals surface area contributed by atoms with Gasteiger partial charge in [0.05, 0.1) is 10.6 Å². The molecule has 0 saturated heterocycles. The summed E-state index contributed by atoms with van der Waals surface area (Å²) in [6, 6.07) is 24.0. The van der Waals surface area contributed by atoms with Crippen LogP contribution >= 0.6 is 0 Å². The van der Waals surface area contributed by atoms with Crippen LogP contribution in [0.25, 0.3) is 22.6 Å². The summed E-state index contributed by atoms with van der Waals surface area (Å²) in [6.45, 7) is 3.90. The number of hydrogen-bond acceptors (Lipinski definition) is 6. The van der Waals surface area contributed by atoms with Gasteiger partial charge in [0.2, 0.25) is 5.89 Å². The van der Waals surface area contributed by atoms with Crippen LogP contribution in [-0.4, -0.2) is 16.1 Å². The van der Waals surface area contributed by atoms with Crippen molar-refractivity contribution in [1.82, 2.24) is 4.98 Å². The first-order valence-electron chi connectivity index (χ1n) is 11.4. The molecule has 7 nitrogen and oxygen atoms in total. The highest BCUT2D eigenvalue weighted by molar-refractivity contribution is 5.88. The molecule has 0 saturated carbocycles. The van der Waals surface area contributed by atoms with E-state index in [0.717, 1.165) is 27.8 Å². The molecule has 0 radical (unpaired) electrons. The van der Waals surface area contributed by atoms with Gasteiger partial charge in [0.15, 0.2) is 5.58 Å². The summed E-state index contributed by atoms with van der Waals surface area (Å²) < 4.78 is 5.91. The Morgan fingerprint density at radius 1 is 0.972 bits per heavy atom. The number of nitrogens with zero attached hydrogens (tertiary/aromatic N) is 3. The zero-order valence-electron chi connectivity index (χ0n) is 19.8. The van der Waals surface area contributed by atoms with Crippen LogP contribution in [0.5, 0.6) is 5.75 Å². The summed E-state index contributed by atoms with van der Waals surface area (Å²) in [5.41, 5.74) is 6.15. The van der Waals surface area contributed by atoms with Gasteiger partial charge in [0.1, 0.15) is 5.52 Å². The first-order valence-corrected chi connectivity index (χ1v) is 11.4. The van der Waals surface area contributed by atoms with Crippen molar-refractivity contribution < 1.29 is 14.4 Å².